The predicted molar refractivity (Wildman–Crippen MR) is 154 cm³/mol. The number of anilines is 4. The third kappa shape index (κ3) is 6.62. The van der Waals surface area contributed by atoms with Crippen molar-refractivity contribution in [2.45, 2.75) is 20.4 Å². The molecule has 1 amide bonds. The van der Waals surface area contributed by atoms with E-state index in [4.69, 9.17) is 4.74 Å². The van der Waals surface area contributed by atoms with Gasteiger partial charge in [0.25, 0.3) is 0 Å². The molecule has 4 aromatic rings. The number of nitrogens with one attached hydrogen (secondary N) is 2. The van der Waals surface area contributed by atoms with E-state index < -0.39 is 0 Å². The van der Waals surface area contributed by atoms with Gasteiger partial charge < -0.3 is 25.2 Å². The van der Waals surface area contributed by atoms with Crippen LogP contribution in [0.25, 0.3) is 11.3 Å². The first kappa shape index (κ1) is 26.0. The van der Waals surface area contributed by atoms with Gasteiger partial charge in [0.15, 0.2) is 0 Å². The van der Waals surface area contributed by atoms with Crippen molar-refractivity contribution in [3.05, 3.63) is 90.4 Å². The number of carbonyl (C=O) groups is 1. The molecule has 0 bridgehead atoms. The Balaban J connectivity index is 1.17. The molecule has 1 fully saturated rings. The Kier molecular flexibility index (Phi) is 8.16. The lowest BCUT2D eigenvalue weighted by atomic mass is 10.1. The first-order chi connectivity index (χ1) is 19.1. The summed E-state index contributed by atoms with van der Waals surface area (Å²) in [6.45, 7) is 7.93. The summed E-state index contributed by atoms with van der Waals surface area (Å²) in [7, 11) is 0. The van der Waals surface area contributed by atoms with Crippen LogP contribution in [-0.2, 0) is 11.3 Å². The molecule has 1 saturated heterocycles. The summed E-state index contributed by atoms with van der Waals surface area (Å²) >= 11 is 0. The van der Waals surface area contributed by atoms with Crippen molar-refractivity contribution >= 4 is 29.1 Å². The smallest absolute Gasteiger partial charge is 0.409 e. The molecule has 0 atom stereocenters. The molecule has 2 N–H and O–H groups in total. The SMILES string of the molecule is CCOC(=O)N1CCN(c2ccc(CNc3ccc(C)c(Nc4nccc(-c5cccnc5)n4)c3)cc2)CC1. The van der Waals surface area contributed by atoms with Crippen LogP contribution in [0.15, 0.2) is 79.3 Å². The minimum atomic E-state index is -0.223. The molecule has 0 unspecified atom stereocenters. The zero-order chi connectivity index (χ0) is 27.0. The van der Waals surface area contributed by atoms with Gasteiger partial charge in [-0.1, -0.05) is 18.2 Å². The van der Waals surface area contributed by atoms with Crippen molar-refractivity contribution in [3.63, 3.8) is 0 Å². The highest BCUT2D eigenvalue weighted by molar-refractivity contribution is 5.68. The van der Waals surface area contributed by atoms with Gasteiger partial charge in [-0.3, -0.25) is 4.98 Å². The number of hydrogen-bond acceptors (Lipinski definition) is 8. The Morgan fingerprint density at radius 2 is 1.82 bits per heavy atom. The Morgan fingerprint density at radius 3 is 2.56 bits per heavy atom. The molecule has 1 aliphatic heterocycles. The molecule has 0 aliphatic carbocycles. The fourth-order valence-corrected chi connectivity index (χ4v) is 4.47. The number of carbonyl (C=O) groups excluding carboxylic acids is 1. The number of aromatic nitrogens is 3. The van der Waals surface area contributed by atoms with Gasteiger partial charge in [-0.25, -0.2) is 14.8 Å². The number of ether oxygens (including phenoxy) is 1. The molecular formula is C30H33N7O2. The second kappa shape index (κ2) is 12.3. The lowest BCUT2D eigenvalue weighted by Gasteiger charge is -2.35. The van der Waals surface area contributed by atoms with Crippen LogP contribution in [0.5, 0.6) is 0 Å². The molecule has 200 valence electrons. The van der Waals surface area contributed by atoms with Crippen molar-refractivity contribution in [3.8, 4) is 11.3 Å². The third-order valence-electron chi connectivity index (χ3n) is 6.70. The van der Waals surface area contributed by atoms with Gasteiger partial charge in [-0.15, -0.1) is 0 Å². The normalized spacial score (nSPS) is 13.2. The van der Waals surface area contributed by atoms with E-state index in [1.165, 1.54) is 5.56 Å². The predicted octanol–water partition coefficient (Wildman–Crippen LogP) is 5.48. The Labute approximate surface area is 228 Å². The maximum Gasteiger partial charge on any atom is 0.409 e. The van der Waals surface area contributed by atoms with Crippen molar-refractivity contribution in [1.29, 1.82) is 0 Å². The fourth-order valence-electron chi connectivity index (χ4n) is 4.47. The van der Waals surface area contributed by atoms with Gasteiger partial charge in [-0.2, -0.15) is 0 Å². The van der Waals surface area contributed by atoms with Gasteiger partial charge in [0.05, 0.1) is 12.3 Å². The summed E-state index contributed by atoms with van der Waals surface area (Å²) in [6.07, 6.45) is 5.06. The molecule has 9 heteroatoms. The summed E-state index contributed by atoms with van der Waals surface area (Å²) < 4.78 is 5.12. The molecule has 5 rings (SSSR count). The van der Waals surface area contributed by atoms with E-state index in [1.807, 2.05) is 25.1 Å². The lowest BCUT2D eigenvalue weighted by molar-refractivity contribution is 0.105. The van der Waals surface area contributed by atoms with Crippen molar-refractivity contribution in [2.75, 3.05) is 48.3 Å². The van der Waals surface area contributed by atoms with E-state index >= 15 is 0 Å². The number of piperazine rings is 1. The standard InChI is InChI=1S/C30H33N7O2/c1-3-39-30(38)37-17-15-36(16-18-37)26-10-7-23(8-11-26)20-33-25-9-6-22(2)28(19-25)35-29-32-14-12-27(34-29)24-5-4-13-31-21-24/h4-14,19,21,33H,3,15-18,20H2,1-2H3,(H,32,34,35). The molecule has 3 heterocycles. The Bertz CT molecular complexity index is 1390. The zero-order valence-electron chi connectivity index (χ0n) is 22.3. The quantitative estimate of drug-likeness (QED) is 0.313. The number of pyridine rings is 1. The van der Waals surface area contributed by atoms with Crippen LogP contribution in [-0.4, -0.2) is 58.7 Å². The largest absolute Gasteiger partial charge is 0.450 e. The first-order valence-electron chi connectivity index (χ1n) is 13.2. The minimum Gasteiger partial charge on any atom is -0.450 e. The summed E-state index contributed by atoms with van der Waals surface area (Å²) in [5.74, 6) is 0.537. The van der Waals surface area contributed by atoms with E-state index in [2.05, 4.69) is 79.9 Å². The second-order valence-corrected chi connectivity index (χ2v) is 9.35. The van der Waals surface area contributed by atoms with Crippen LogP contribution >= 0.6 is 0 Å². The van der Waals surface area contributed by atoms with Gasteiger partial charge >= 0.3 is 6.09 Å². The molecule has 39 heavy (non-hydrogen) atoms. The van der Waals surface area contributed by atoms with E-state index in [-0.39, 0.29) is 6.09 Å². The van der Waals surface area contributed by atoms with E-state index in [0.29, 0.717) is 32.2 Å². The number of nitrogens with zero attached hydrogens (tertiary/aromatic N) is 5. The van der Waals surface area contributed by atoms with Crippen LogP contribution in [0.3, 0.4) is 0 Å². The van der Waals surface area contributed by atoms with Gasteiger partial charge in [0, 0.05) is 73.9 Å². The van der Waals surface area contributed by atoms with Gasteiger partial charge in [0.1, 0.15) is 0 Å². The van der Waals surface area contributed by atoms with E-state index in [1.54, 1.807) is 23.5 Å². The van der Waals surface area contributed by atoms with Crippen LogP contribution in [0.1, 0.15) is 18.1 Å². The summed E-state index contributed by atoms with van der Waals surface area (Å²) in [4.78, 5) is 29.2. The molecule has 2 aromatic heterocycles. The van der Waals surface area contributed by atoms with Crippen LogP contribution in [0.2, 0.25) is 0 Å². The summed E-state index contributed by atoms with van der Waals surface area (Å²) in [5, 5.41) is 6.88. The van der Waals surface area contributed by atoms with Gasteiger partial charge in [0.2, 0.25) is 5.95 Å². The molecule has 1 aliphatic rings. The molecule has 9 nitrogen and oxygen atoms in total. The molecule has 0 radical (unpaired) electrons. The molecular weight excluding hydrogens is 490 g/mol. The Hall–Kier alpha value is -4.66. The number of rotatable bonds is 8. The maximum absolute atomic E-state index is 11.9. The maximum atomic E-state index is 11.9. The van der Waals surface area contributed by atoms with Crippen molar-refractivity contribution < 1.29 is 9.53 Å². The van der Waals surface area contributed by atoms with E-state index in [0.717, 1.165) is 47.0 Å². The minimum absolute atomic E-state index is 0.223. The molecule has 2 aromatic carbocycles. The lowest BCUT2D eigenvalue weighted by Crippen LogP contribution is -2.49. The highest BCUT2D eigenvalue weighted by Crippen LogP contribution is 2.25. The third-order valence-corrected chi connectivity index (χ3v) is 6.70. The fraction of sp³-hybridized carbons (Fsp3) is 0.267. The number of benzene rings is 2. The number of amides is 1. The van der Waals surface area contributed by atoms with Crippen LogP contribution < -0.4 is 15.5 Å². The summed E-state index contributed by atoms with van der Waals surface area (Å²) in [6, 6.07) is 20.6. The zero-order valence-corrected chi connectivity index (χ0v) is 22.3. The molecule has 0 saturated carbocycles. The first-order valence-corrected chi connectivity index (χ1v) is 13.2. The number of aryl methyl sites for hydroxylation is 1. The average molecular weight is 524 g/mol. The average Bonchev–Trinajstić information content (AvgIpc) is 2.99. The highest BCUT2D eigenvalue weighted by Gasteiger charge is 2.22. The van der Waals surface area contributed by atoms with Crippen LogP contribution in [0, 0.1) is 6.92 Å². The van der Waals surface area contributed by atoms with Gasteiger partial charge in [-0.05, 0) is 67.4 Å². The Morgan fingerprint density at radius 1 is 1.00 bits per heavy atom. The second-order valence-electron chi connectivity index (χ2n) is 9.35. The van der Waals surface area contributed by atoms with E-state index in [9.17, 15) is 4.79 Å². The van der Waals surface area contributed by atoms with Crippen LogP contribution in [0.4, 0.5) is 27.8 Å². The van der Waals surface area contributed by atoms with Crippen molar-refractivity contribution in [2.24, 2.45) is 0 Å². The number of hydrogen-bond donors (Lipinski definition) is 2. The summed E-state index contributed by atoms with van der Waals surface area (Å²) in [5.41, 5.74) is 7.16. The topological polar surface area (TPSA) is 95.5 Å². The molecule has 0 spiro atoms. The monoisotopic (exact) mass is 523 g/mol. The highest BCUT2D eigenvalue weighted by atomic mass is 16.6. The van der Waals surface area contributed by atoms with Crippen molar-refractivity contribution in [1.82, 2.24) is 19.9 Å².